The Labute approximate surface area is 95.0 Å². The van der Waals surface area contributed by atoms with Crippen LogP contribution in [0.25, 0.3) is 10.8 Å². The molecule has 2 N–H and O–H groups in total. The van der Waals surface area contributed by atoms with Gasteiger partial charge in [-0.25, -0.2) is 0 Å². The molecule has 0 saturated carbocycles. The van der Waals surface area contributed by atoms with E-state index in [1.54, 1.807) is 0 Å². The smallest absolute Gasteiger partial charge is 0.132 e. The predicted molar refractivity (Wildman–Crippen MR) is 65.6 cm³/mol. The Morgan fingerprint density at radius 2 is 2.00 bits per heavy atom. The van der Waals surface area contributed by atoms with Gasteiger partial charge in [0.1, 0.15) is 11.9 Å². The van der Waals surface area contributed by atoms with Crippen molar-refractivity contribution in [1.29, 1.82) is 0 Å². The quantitative estimate of drug-likeness (QED) is 0.790. The Morgan fingerprint density at radius 1 is 1.19 bits per heavy atom. The summed E-state index contributed by atoms with van der Waals surface area (Å²) in [6.45, 7) is 2.11. The molecule has 1 heterocycles. The molecular weight excluding hydrogens is 198 g/mol. The molecule has 2 aromatic rings. The largest absolute Gasteiger partial charge is 0.487 e. The number of fused-ring (bicyclic) bond motifs is 3. The molecule has 3 rings (SSSR count). The third kappa shape index (κ3) is 1.23. The van der Waals surface area contributed by atoms with Crippen LogP contribution in [0.5, 0.6) is 5.75 Å². The van der Waals surface area contributed by atoms with Gasteiger partial charge in [-0.3, -0.25) is 0 Å². The minimum absolute atomic E-state index is 0.0182. The summed E-state index contributed by atoms with van der Waals surface area (Å²) in [7, 11) is 0. The van der Waals surface area contributed by atoms with Crippen LogP contribution in [0.15, 0.2) is 36.4 Å². The monoisotopic (exact) mass is 213 g/mol. The molecule has 0 radical (unpaired) electrons. The molecule has 2 aromatic carbocycles. The van der Waals surface area contributed by atoms with Crippen molar-refractivity contribution in [3.05, 3.63) is 42.0 Å². The first-order chi connectivity index (χ1) is 7.81. The summed E-state index contributed by atoms with van der Waals surface area (Å²) in [5.41, 5.74) is 7.31. The van der Waals surface area contributed by atoms with E-state index in [1.807, 2.05) is 12.1 Å². The van der Waals surface area contributed by atoms with E-state index in [9.17, 15) is 0 Å². The Bertz CT molecular complexity index is 535. The molecule has 0 fully saturated rings. The highest BCUT2D eigenvalue weighted by Gasteiger charge is 2.31. The second kappa shape index (κ2) is 3.49. The fourth-order valence-corrected chi connectivity index (χ4v) is 2.42. The lowest BCUT2D eigenvalue weighted by atomic mass is 10.00. The van der Waals surface area contributed by atoms with Gasteiger partial charge in [0.15, 0.2) is 0 Å². The van der Waals surface area contributed by atoms with E-state index < -0.39 is 0 Å². The van der Waals surface area contributed by atoms with Gasteiger partial charge in [0, 0.05) is 10.9 Å². The van der Waals surface area contributed by atoms with Crippen molar-refractivity contribution in [3.8, 4) is 5.75 Å². The van der Waals surface area contributed by atoms with Crippen LogP contribution in [-0.2, 0) is 0 Å². The highest BCUT2D eigenvalue weighted by atomic mass is 16.5. The molecule has 0 amide bonds. The van der Waals surface area contributed by atoms with Gasteiger partial charge in [-0.1, -0.05) is 43.3 Å². The Balaban J connectivity index is 2.23. The van der Waals surface area contributed by atoms with Crippen molar-refractivity contribution in [2.45, 2.75) is 25.5 Å². The second-order valence-electron chi connectivity index (χ2n) is 4.30. The van der Waals surface area contributed by atoms with Crippen LogP contribution < -0.4 is 10.5 Å². The van der Waals surface area contributed by atoms with E-state index in [-0.39, 0.29) is 12.1 Å². The number of hydrogen-bond acceptors (Lipinski definition) is 2. The SMILES string of the molecule is CCC1Oc2c(ccc3ccccc23)C1N. The molecule has 0 saturated heterocycles. The minimum atomic E-state index is 0.0182. The lowest BCUT2D eigenvalue weighted by molar-refractivity contribution is 0.204. The second-order valence-corrected chi connectivity index (χ2v) is 4.30. The molecule has 2 unspecified atom stereocenters. The molecule has 0 spiro atoms. The molecule has 2 heteroatoms. The van der Waals surface area contributed by atoms with E-state index in [4.69, 9.17) is 10.5 Å². The first kappa shape index (κ1) is 9.67. The molecule has 82 valence electrons. The van der Waals surface area contributed by atoms with Crippen LogP contribution in [0.3, 0.4) is 0 Å². The maximum Gasteiger partial charge on any atom is 0.132 e. The van der Waals surface area contributed by atoms with E-state index >= 15 is 0 Å². The van der Waals surface area contributed by atoms with Crippen molar-refractivity contribution in [2.24, 2.45) is 5.73 Å². The van der Waals surface area contributed by atoms with Gasteiger partial charge in [-0.2, -0.15) is 0 Å². The van der Waals surface area contributed by atoms with Crippen LogP contribution in [0.1, 0.15) is 24.9 Å². The summed E-state index contributed by atoms with van der Waals surface area (Å²) in [4.78, 5) is 0. The van der Waals surface area contributed by atoms with Crippen LogP contribution >= 0.6 is 0 Å². The van der Waals surface area contributed by atoms with Gasteiger partial charge in [0.2, 0.25) is 0 Å². The van der Waals surface area contributed by atoms with Gasteiger partial charge in [-0.15, -0.1) is 0 Å². The summed E-state index contributed by atoms with van der Waals surface area (Å²) >= 11 is 0. The van der Waals surface area contributed by atoms with Crippen molar-refractivity contribution < 1.29 is 4.74 Å². The number of hydrogen-bond donors (Lipinski definition) is 1. The zero-order valence-electron chi connectivity index (χ0n) is 9.31. The van der Waals surface area contributed by atoms with Gasteiger partial charge in [-0.05, 0) is 11.8 Å². The number of ether oxygens (including phenoxy) is 1. The van der Waals surface area contributed by atoms with Crippen LogP contribution in [0, 0.1) is 0 Å². The molecule has 0 aromatic heterocycles. The predicted octanol–water partition coefficient (Wildman–Crippen LogP) is 3.01. The fraction of sp³-hybridized carbons (Fsp3) is 0.286. The Kier molecular flexibility index (Phi) is 2.11. The first-order valence-electron chi connectivity index (χ1n) is 5.75. The summed E-state index contributed by atoms with van der Waals surface area (Å²) < 4.78 is 5.96. The third-order valence-electron chi connectivity index (χ3n) is 3.34. The number of rotatable bonds is 1. The zero-order valence-corrected chi connectivity index (χ0v) is 9.31. The first-order valence-corrected chi connectivity index (χ1v) is 5.75. The zero-order chi connectivity index (χ0) is 11.1. The average Bonchev–Trinajstić information content (AvgIpc) is 2.67. The molecule has 1 aliphatic rings. The van der Waals surface area contributed by atoms with Crippen molar-refractivity contribution in [1.82, 2.24) is 0 Å². The maximum atomic E-state index is 6.17. The van der Waals surface area contributed by atoms with E-state index in [2.05, 4.69) is 31.2 Å². The van der Waals surface area contributed by atoms with Gasteiger partial charge >= 0.3 is 0 Å². The van der Waals surface area contributed by atoms with Crippen LogP contribution in [0.2, 0.25) is 0 Å². The van der Waals surface area contributed by atoms with Gasteiger partial charge in [0.25, 0.3) is 0 Å². The number of nitrogens with two attached hydrogens (primary N) is 1. The van der Waals surface area contributed by atoms with Crippen molar-refractivity contribution in [2.75, 3.05) is 0 Å². The lowest BCUT2D eigenvalue weighted by Gasteiger charge is -2.11. The number of benzene rings is 2. The topological polar surface area (TPSA) is 35.2 Å². The maximum absolute atomic E-state index is 6.17. The minimum Gasteiger partial charge on any atom is -0.487 e. The van der Waals surface area contributed by atoms with E-state index in [1.165, 1.54) is 10.8 Å². The summed E-state index contributed by atoms with van der Waals surface area (Å²) in [6, 6.07) is 12.5. The summed E-state index contributed by atoms with van der Waals surface area (Å²) in [5.74, 6) is 0.984. The normalized spacial score (nSPS) is 23.1. The van der Waals surface area contributed by atoms with Gasteiger partial charge < -0.3 is 10.5 Å². The molecule has 2 atom stereocenters. The molecule has 0 bridgehead atoms. The van der Waals surface area contributed by atoms with E-state index in [0.717, 1.165) is 17.7 Å². The van der Waals surface area contributed by atoms with Crippen molar-refractivity contribution in [3.63, 3.8) is 0 Å². The highest BCUT2D eigenvalue weighted by Crippen LogP contribution is 2.41. The van der Waals surface area contributed by atoms with E-state index in [0.29, 0.717) is 0 Å². The van der Waals surface area contributed by atoms with Crippen LogP contribution in [0.4, 0.5) is 0 Å². The average molecular weight is 213 g/mol. The molecule has 0 aliphatic carbocycles. The van der Waals surface area contributed by atoms with Crippen LogP contribution in [-0.4, -0.2) is 6.10 Å². The fourth-order valence-electron chi connectivity index (χ4n) is 2.42. The lowest BCUT2D eigenvalue weighted by Crippen LogP contribution is -2.24. The Hall–Kier alpha value is -1.54. The molecule has 16 heavy (non-hydrogen) atoms. The summed E-state index contributed by atoms with van der Waals surface area (Å²) in [5, 5.41) is 2.39. The highest BCUT2D eigenvalue weighted by molar-refractivity contribution is 5.90. The molecule has 2 nitrogen and oxygen atoms in total. The Morgan fingerprint density at radius 3 is 2.81 bits per heavy atom. The van der Waals surface area contributed by atoms with Gasteiger partial charge in [0.05, 0.1) is 6.04 Å². The molecule has 1 aliphatic heterocycles. The van der Waals surface area contributed by atoms with Crippen molar-refractivity contribution >= 4 is 10.8 Å². The third-order valence-corrected chi connectivity index (χ3v) is 3.34. The molecular formula is C14H15NO. The standard InChI is InChI=1S/C14H15NO/c1-2-12-13(15)11-8-7-9-5-3-4-6-10(9)14(11)16-12/h3-8,12-13H,2,15H2,1H3. The summed E-state index contributed by atoms with van der Waals surface area (Å²) in [6.07, 6.45) is 1.07.